The van der Waals surface area contributed by atoms with Gasteiger partial charge in [-0.05, 0) is 49.3 Å². The molecule has 2 aliphatic heterocycles. The number of carbonyl (C=O) groups is 1. The van der Waals surface area contributed by atoms with Crippen LogP contribution in [0.15, 0.2) is 24.3 Å². The third-order valence-corrected chi connectivity index (χ3v) is 5.05. The Kier molecular flexibility index (Phi) is 4.55. The fraction of sp³-hybridized carbons (Fsp3) is 0.526. The third kappa shape index (κ3) is 3.33. The zero-order valence-electron chi connectivity index (χ0n) is 14.0. The minimum Gasteiger partial charge on any atom is -0.376 e. The van der Waals surface area contributed by atoms with E-state index in [-0.39, 0.29) is 5.91 Å². The van der Waals surface area contributed by atoms with Gasteiger partial charge in [0.2, 0.25) is 5.91 Å². The summed E-state index contributed by atoms with van der Waals surface area (Å²) in [7, 11) is 0. The van der Waals surface area contributed by atoms with Gasteiger partial charge in [0.05, 0.1) is 13.2 Å². The van der Waals surface area contributed by atoms with Crippen LogP contribution < -0.4 is 5.73 Å². The predicted molar refractivity (Wildman–Crippen MR) is 92.0 cm³/mol. The summed E-state index contributed by atoms with van der Waals surface area (Å²) in [5, 5.41) is 0. The van der Waals surface area contributed by atoms with Gasteiger partial charge < -0.3 is 15.4 Å². The first kappa shape index (κ1) is 16.2. The van der Waals surface area contributed by atoms with Crippen molar-refractivity contribution in [1.29, 1.82) is 0 Å². The Morgan fingerprint density at radius 1 is 1.26 bits per heavy atom. The molecule has 2 saturated heterocycles. The summed E-state index contributed by atoms with van der Waals surface area (Å²) in [5.74, 6) is 0.588. The molecule has 3 rings (SSSR count). The molecular formula is C19H26N2O2. The second-order valence-corrected chi connectivity index (χ2v) is 6.94. The molecule has 2 heterocycles. The van der Waals surface area contributed by atoms with Crippen molar-refractivity contribution < 1.29 is 9.53 Å². The first-order valence-corrected chi connectivity index (χ1v) is 8.40. The Morgan fingerprint density at radius 3 is 2.39 bits per heavy atom. The highest BCUT2D eigenvalue weighted by Crippen LogP contribution is 2.25. The summed E-state index contributed by atoms with van der Waals surface area (Å²) < 4.78 is 5.10. The van der Waals surface area contributed by atoms with Crippen LogP contribution in [0.5, 0.6) is 0 Å². The number of allylic oxidation sites excluding steroid dienone is 1. The lowest BCUT2D eigenvalue weighted by atomic mass is 9.91. The molecule has 4 heteroatoms. The van der Waals surface area contributed by atoms with E-state index < -0.39 is 5.54 Å². The van der Waals surface area contributed by atoms with E-state index in [0.717, 1.165) is 25.9 Å². The molecule has 2 aliphatic rings. The standard InChI is InChI=1S/C19H26N2O2/c1-14-4-3-5-15(2)17(14)7-6-16-8-10-21(11-9-16)18(22)19(20)12-23-13-19/h3-7,16H,8-13,20H2,1-2H3. The van der Waals surface area contributed by atoms with Gasteiger partial charge in [-0.2, -0.15) is 0 Å². The average molecular weight is 314 g/mol. The number of benzene rings is 1. The van der Waals surface area contributed by atoms with Crippen LogP contribution in [0.1, 0.15) is 29.5 Å². The zero-order valence-corrected chi connectivity index (χ0v) is 14.0. The number of likely N-dealkylation sites (tertiary alicyclic amines) is 1. The number of ether oxygens (including phenoxy) is 1. The van der Waals surface area contributed by atoms with Gasteiger partial charge in [-0.15, -0.1) is 0 Å². The van der Waals surface area contributed by atoms with Crippen LogP contribution in [0.4, 0.5) is 0 Å². The fourth-order valence-electron chi connectivity index (χ4n) is 3.38. The van der Waals surface area contributed by atoms with E-state index >= 15 is 0 Å². The van der Waals surface area contributed by atoms with Crippen LogP contribution in [0.3, 0.4) is 0 Å². The lowest BCUT2D eigenvalue weighted by molar-refractivity contribution is -0.155. The van der Waals surface area contributed by atoms with Gasteiger partial charge in [-0.1, -0.05) is 30.4 Å². The van der Waals surface area contributed by atoms with Gasteiger partial charge in [0.25, 0.3) is 0 Å². The molecule has 0 atom stereocenters. The van der Waals surface area contributed by atoms with Crippen LogP contribution in [0.2, 0.25) is 0 Å². The van der Waals surface area contributed by atoms with E-state index in [1.54, 1.807) is 0 Å². The maximum atomic E-state index is 12.4. The number of rotatable bonds is 3. The van der Waals surface area contributed by atoms with Gasteiger partial charge in [-0.25, -0.2) is 0 Å². The van der Waals surface area contributed by atoms with Crippen molar-refractivity contribution in [3.8, 4) is 0 Å². The molecule has 0 bridgehead atoms. The van der Waals surface area contributed by atoms with Gasteiger partial charge in [-0.3, -0.25) is 4.79 Å². The lowest BCUT2D eigenvalue weighted by Gasteiger charge is -2.42. The number of piperidine rings is 1. The number of nitrogens with zero attached hydrogens (tertiary/aromatic N) is 1. The van der Waals surface area contributed by atoms with Crippen molar-refractivity contribution >= 4 is 12.0 Å². The van der Waals surface area contributed by atoms with Crippen LogP contribution in [0, 0.1) is 19.8 Å². The number of hydrogen-bond donors (Lipinski definition) is 1. The van der Waals surface area contributed by atoms with Gasteiger partial charge >= 0.3 is 0 Å². The van der Waals surface area contributed by atoms with E-state index in [4.69, 9.17) is 10.5 Å². The Bertz CT molecular complexity index is 592. The molecule has 0 aromatic heterocycles. The largest absolute Gasteiger partial charge is 0.376 e. The summed E-state index contributed by atoms with van der Waals surface area (Å²) in [4.78, 5) is 14.3. The maximum absolute atomic E-state index is 12.4. The van der Waals surface area contributed by atoms with E-state index in [0.29, 0.717) is 19.1 Å². The minimum atomic E-state index is -0.763. The first-order chi connectivity index (χ1) is 11.0. The van der Waals surface area contributed by atoms with Crippen molar-refractivity contribution in [2.75, 3.05) is 26.3 Å². The molecule has 0 spiro atoms. The highest BCUT2D eigenvalue weighted by atomic mass is 16.5. The van der Waals surface area contributed by atoms with Crippen LogP contribution in [-0.4, -0.2) is 42.6 Å². The van der Waals surface area contributed by atoms with E-state index in [1.807, 2.05) is 4.90 Å². The van der Waals surface area contributed by atoms with Gasteiger partial charge in [0.15, 0.2) is 0 Å². The number of nitrogens with two attached hydrogens (primary N) is 1. The van der Waals surface area contributed by atoms with E-state index in [1.165, 1.54) is 16.7 Å². The molecule has 1 aromatic carbocycles. The normalized spacial score (nSPS) is 21.4. The Morgan fingerprint density at radius 2 is 1.87 bits per heavy atom. The van der Waals surface area contributed by atoms with Crippen LogP contribution >= 0.6 is 0 Å². The summed E-state index contributed by atoms with van der Waals surface area (Å²) in [6.45, 7) is 6.60. The van der Waals surface area contributed by atoms with Crippen molar-refractivity contribution in [3.05, 3.63) is 41.0 Å². The highest BCUT2D eigenvalue weighted by Gasteiger charge is 2.44. The topological polar surface area (TPSA) is 55.6 Å². The molecule has 1 amide bonds. The second-order valence-electron chi connectivity index (χ2n) is 6.94. The fourth-order valence-corrected chi connectivity index (χ4v) is 3.38. The average Bonchev–Trinajstić information content (AvgIpc) is 2.52. The second kappa shape index (κ2) is 6.46. The van der Waals surface area contributed by atoms with Crippen molar-refractivity contribution in [2.45, 2.75) is 32.2 Å². The molecule has 4 nitrogen and oxygen atoms in total. The molecule has 2 N–H and O–H groups in total. The highest BCUT2D eigenvalue weighted by molar-refractivity contribution is 5.87. The summed E-state index contributed by atoms with van der Waals surface area (Å²) in [6, 6.07) is 6.39. The molecule has 23 heavy (non-hydrogen) atoms. The molecule has 0 unspecified atom stereocenters. The third-order valence-electron chi connectivity index (χ3n) is 5.05. The monoisotopic (exact) mass is 314 g/mol. The SMILES string of the molecule is Cc1cccc(C)c1C=CC1CCN(C(=O)C2(N)COC2)CC1. The van der Waals surface area contributed by atoms with Crippen molar-refractivity contribution in [2.24, 2.45) is 11.7 Å². The van der Waals surface area contributed by atoms with Crippen LogP contribution in [-0.2, 0) is 9.53 Å². The quantitative estimate of drug-likeness (QED) is 0.931. The summed E-state index contributed by atoms with van der Waals surface area (Å²) in [6.07, 6.45) is 6.56. The molecule has 0 radical (unpaired) electrons. The zero-order chi connectivity index (χ0) is 16.4. The molecule has 2 fully saturated rings. The lowest BCUT2D eigenvalue weighted by Crippen LogP contribution is -2.67. The first-order valence-electron chi connectivity index (χ1n) is 8.40. The predicted octanol–water partition coefficient (Wildman–Crippen LogP) is 2.28. The van der Waals surface area contributed by atoms with Crippen molar-refractivity contribution in [3.63, 3.8) is 0 Å². The Labute approximate surface area is 138 Å². The van der Waals surface area contributed by atoms with Gasteiger partial charge in [0.1, 0.15) is 5.54 Å². The molecule has 0 aliphatic carbocycles. The van der Waals surface area contributed by atoms with Crippen LogP contribution in [0.25, 0.3) is 6.08 Å². The maximum Gasteiger partial charge on any atom is 0.247 e. The number of hydrogen-bond acceptors (Lipinski definition) is 3. The minimum absolute atomic E-state index is 0.0564. The smallest absolute Gasteiger partial charge is 0.247 e. The molecule has 1 aromatic rings. The molecular weight excluding hydrogens is 288 g/mol. The number of carbonyl (C=O) groups excluding carboxylic acids is 1. The van der Waals surface area contributed by atoms with E-state index in [2.05, 4.69) is 44.2 Å². The van der Waals surface area contributed by atoms with E-state index in [9.17, 15) is 4.79 Å². The Hall–Kier alpha value is -1.65. The molecule has 0 saturated carbocycles. The Balaban J connectivity index is 1.57. The summed E-state index contributed by atoms with van der Waals surface area (Å²) in [5.41, 5.74) is 9.22. The van der Waals surface area contributed by atoms with Crippen molar-refractivity contribution in [1.82, 2.24) is 4.90 Å². The van der Waals surface area contributed by atoms with Gasteiger partial charge in [0, 0.05) is 13.1 Å². The number of aryl methyl sites for hydroxylation is 2. The molecule has 124 valence electrons. The number of amides is 1. The summed E-state index contributed by atoms with van der Waals surface area (Å²) >= 11 is 0.